The third-order valence-electron chi connectivity index (χ3n) is 5.03. The van der Waals surface area contributed by atoms with E-state index in [1.54, 1.807) is 27.7 Å². The molecule has 5 atom stereocenters. The van der Waals surface area contributed by atoms with Gasteiger partial charge in [-0.05, 0) is 46.3 Å². The van der Waals surface area contributed by atoms with Crippen LogP contribution in [0.25, 0.3) is 0 Å². The van der Waals surface area contributed by atoms with Crippen molar-refractivity contribution in [2.75, 3.05) is 13.2 Å². The third kappa shape index (κ3) is 3.91. The topological polar surface area (TPSA) is 77.0 Å². The molecule has 164 valence electrons. The normalized spacial score (nSPS) is 41.0. The Bertz CT molecular complexity index is 733. The lowest BCUT2D eigenvalue weighted by Gasteiger charge is -2.44. The Balaban J connectivity index is 1.60. The van der Waals surface area contributed by atoms with Crippen LogP contribution >= 0.6 is 0 Å². The monoisotopic (exact) mass is 423 g/mol. The van der Waals surface area contributed by atoms with Gasteiger partial charge in [0.2, 0.25) is 12.1 Å². The number of fused-ring (bicyclic) bond motifs is 1. The number of allylic oxidation sites excluding steroid dienone is 1. The van der Waals surface area contributed by atoms with Crippen molar-refractivity contribution in [1.29, 1.82) is 0 Å². The lowest BCUT2D eigenvalue weighted by molar-refractivity contribution is -0.352. The molecular weight excluding hydrogens is 399 g/mol. The van der Waals surface area contributed by atoms with Gasteiger partial charge >= 0.3 is 6.18 Å². The highest BCUT2D eigenvalue weighted by atomic mass is 19.4. The maximum absolute atomic E-state index is 12.9. The fraction of sp³-hybridized carbons (Fsp3) is 0.833. The molecule has 0 N–H and O–H groups in total. The SMILES string of the molecule is CC1=CC(C(F)(F)F)=NO[C@@H]1O[C@H]1[C@@H]2OC(C)(C)O[C@@H]2CO[C@]12COC(C)(C)O2. The van der Waals surface area contributed by atoms with Crippen molar-refractivity contribution in [3.8, 4) is 0 Å². The molecule has 8 nitrogen and oxygen atoms in total. The highest BCUT2D eigenvalue weighted by molar-refractivity contribution is 5.99. The number of nitrogens with zero attached hydrogens (tertiary/aromatic N) is 1. The summed E-state index contributed by atoms with van der Waals surface area (Å²) < 4.78 is 74.3. The number of halogens is 3. The van der Waals surface area contributed by atoms with Gasteiger partial charge in [0.1, 0.15) is 24.9 Å². The zero-order valence-corrected chi connectivity index (χ0v) is 16.7. The summed E-state index contributed by atoms with van der Waals surface area (Å²) in [6, 6.07) is 0. The Kier molecular flexibility index (Phi) is 4.80. The molecule has 11 heteroatoms. The molecule has 0 saturated carbocycles. The van der Waals surface area contributed by atoms with E-state index < -0.39 is 53.9 Å². The molecule has 4 rings (SSSR count). The second-order valence-electron chi connectivity index (χ2n) is 8.41. The molecule has 3 fully saturated rings. The maximum atomic E-state index is 12.9. The van der Waals surface area contributed by atoms with Gasteiger partial charge in [0.15, 0.2) is 17.3 Å². The molecule has 3 saturated heterocycles. The van der Waals surface area contributed by atoms with Crippen LogP contribution in [-0.2, 0) is 33.3 Å². The number of oxime groups is 1. The molecule has 0 bridgehead atoms. The van der Waals surface area contributed by atoms with Gasteiger partial charge < -0.3 is 33.3 Å². The molecule has 1 spiro atoms. The van der Waals surface area contributed by atoms with Crippen LogP contribution in [0.15, 0.2) is 16.8 Å². The van der Waals surface area contributed by atoms with Crippen LogP contribution in [0, 0.1) is 0 Å². The van der Waals surface area contributed by atoms with Crippen LogP contribution in [0.4, 0.5) is 13.2 Å². The minimum absolute atomic E-state index is 0.0459. The zero-order valence-electron chi connectivity index (χ0n) is 16.7. The Hall–Kier alpha value is -1.24. The smallest absolute Gasteiger partial charge is 0.358 e. The molecular formula is C18H24F3NO7. The molecule has 4 aliphatic heterocycles. The Morgan fingerprint density at radius 1 is 1.10 bits per heavy atom. The van der Waals surface area contributed by atoms with Gasteiger partial charge in [-0.15, -0.1) is 0 Å². The minimum Gasteiger partial charge on any atom is -0.358 e. The fourth-order valence-corrected chi connectivity index (χ4v) is 3.84. The molecule has 29 heavy (non-hydrogen) atoms. The summed E-state index contributed by atoms with van der Waals surface area (Å²) in [5, 5.41) is 3.16. The summed E-state index contributed by atoms with van der Waals surface area (Å²) in [4.78, 5) is 5.02. The van der Waals surface area contributed by atoms with E-state index in [9.17, 15) is 13.2 Å². The molecule has 0 amide bonds. The predicted octanol–water partition coefficient (Wildman–Crippen LogP) is 2.62. The molecule has 0 aromatic carbocycles. The van der Waals surface area contributed by atoms with E-state index >= 15 is 0 Å². The lowest BCUT2D eigenvalue weighted by Crippen LogP contribution is -2.63. The Labute approximate surface area is 165 Å². The second-order valence-corrected chi connectivity index (χ2v) is 8.41. The van der Waals surface area contributed by atoms with Crippen LogP contribution in [0.2, 0.25) is 0 Å². The van der Waals surface area contributed by atoms with Crippen LogP contribution in [0.3, 0.4) is 0 Å². The van der Waals surface area contributed by atoms with E-state index in [-0.39, 0.29) is 18.8 Å². The summed E-state index contributed by atoms with van der Waals surface area (Å²) in [6.07, 6.45) is -6.87. The molecule has 0 radical (unpaired) electrons. The highest BCUT2D eigenvalue weighted by Gasteiger charge is 2.64. The van der Waals surface area contributed by atoms with Gasteiger partial charge in [-0.2, -0.15) is 13.2 Å². The Morgan fingerprint density at radius 3 is 2.41 bits per heavy atom. The largest absolute Gasteiger partial charge is 0.436 e. The van der Waals surface area contributed by atoms with E-state index in [0.29, 0.717) is 0 Å². The van der Waals surface area contributed by atoms with Gasteiger partial charge in [-0.25, -0.2) is 0 Å². The number of ether oxygens (including phenoxy) is 6. The molecule has 0 aromatic heterocycles. The van der Waals surface area contributed by atoms with Gasteiger partial charge in [0, 0.05) is 0 Å². The summed E-state index contributed by atoms with van der Waals surface area (Å²) in [5.74, 6) is -3.16. The van der Waals surface area contributed by atoms with Crippen LogP contribution in [0.1, 0.15) is 34.6 Å². The number of rotatable bonds is 2. The number of hydrogen-bond acceptors (Lipinski definition) is 8. The summed E-state index contributed by atoms with van der Waals surface area (Å²) in [6.45, 7) is 8.66. The van der Waals surface area contributed by atoms with Crippen molar-refractivity contribution in [2.24, 2.45) is 5.16 Å². The van der Waals surface area contributed by atoms with E-state index in [2.05, 4.69) is 5.16 Å². The van der Waals surface area contributed by atoms with Gasteiger partial charge in [0.25, 0.3) is 0 Å². The quantitative estimate of drug-likeness (QED) is 0.676. The number of alkyl halides is 3. The molecule has 4 heterocycles. The van der Waals surface area contributed by atoms with Gasteiger partial charge in [0.05, 0.1) is 6.61 Å². The fourth-order valence-electron chi connectivity index (χ4n) is 3.84. The Morgan fingerprint density at radius 2 is 1.83 bits per heavy atom. The minimum atomic E-state index is -4.62. The predicted molar refractivity (Wildman–Crippen MR) is 90.6 cm³/mol. The number of hydrogen-bond donors (Lipinski definition) is 0. The highest BCUT2D eigenvalue weighted by Crippen LogP contribution is 2.46. The van der Waals surface area contributed by atoms with Crippen molar-refractivity contribution < 1.29 is 46.4 Å². The van der Waals surface area contributed by atoms with Crippen LogP contribution in [-0.4, -0.2) is 67.1 Å². The van der Waals surface area contributed by atoms with E-state index in [1.807, 2.05) is 0 Å². The first kappa shape index (κ1) is 21.0. The standard InChI is InChI=1S/C18H24F3NO7/c1-9-6-11(18(19,20)21)22-28-14(9)25-13-12-10(26-16(4,5)27-12)7-23-17(13)8-24-15(2,3)29-17/h6,10,12-14H,7-8H2,1-5H3/t10-,12-,13+,14+,17+/m1/s1. The van der Waals surface area contributed by atoms with Crippen LogP contribution < -0.4 is 0 Å². The van der Waals surface area contributed by atoms with Crippen molar-refractivity contribution in [1.82, 2.24) is 0 Å². The van der Waals surface area contributed by atoms with Gasteiger partial charge in [-0.1, -0.05) is 5.16 Å². The first-order valence-electron chi connectivity index (χ1n) is 9.29. The maximum Gasteiger partial charge on any atom is 0.436 e. The van der Waals surface area contributed by atoms with E-state index in [1.165, 1.54) is 6.92 Å². The van der Waals surface area contributed by atoms with Crippen molar-refractivity contribution >= 4 is 5.71 Å². The van der Waals surface area contributed by atoms with Crippen molar-refractivity contribution in [2.45, 2.75) is 82.8 Å². The molecule has 4 aliphatic rings. The van der Waals surface area contributed by atoms with E-state index in [0.717, 1.165) is 6.08 Å². The van der Waals surface area contributed by atoms with Crippen molar-refractivity contribution in [3.63, 3.8) is 0 Å². The first-order chi connectivity index (χ1) is 13.3. The molecule has 0 aromatic rings. The van der Waals surface area contributed by atoms with Gasteiger partial charge in [-0.3, -0.25) is 0 Å². The summed E-state index contributed by atoms with van der Waals surface area (Å²) in [7, 11) is 0. The summed E-state index contributed by atoms with van der Waals surface area (Å²) >= 11 is 0. The lowest BCUT2D eigenvalue weighted by atomic mass is 9.97. The van der Waals surface area contributed by atoms with Crippen molar-refractivity contribution in [3.05, 3.63) is 11.6 Å². The average Bonchev–Trinajstić information content (AvgIpc) is 3.06. The zero-order chi connectivity index (χ0) is 21.2. The third-order valence-corrected chi connectivity index (χ3v) is 5.03. The molecule has 0 aliphatic carbocycles. The second kappa shape index (κ2) is 6.63. The summed E-state index contributed by atoms with van der Waals surface area (Å²) in [5.41, 5.74) is -0.938. The molecule has 0 unspecified atom stereocenters. The van der Waals surface area contributed by atoms with E-state index in [4.69, 9.17) is 33.3 Å². The first-order valence-corrected chi connectivity index (χ1v) is 9.29. The van der Waals surface area contributed by atoms with Crippen LogP contribution in [0.5, 0.6) is 0 Å². The average molecular weight is 423 g/mol.